The van der Waals surface area contributed by atoms with Crippen LogP contribution in [0.15, 0.2) is 48.9 Å². The van der Waals surface area contributed by atoms with E-state index >= 15 is 0 Å². The molecule has 1 unspecified atom stereocenters. The molecule has 1 atom stereocenters. The van der Waals surface area contributed by atoms with Crippen molar-refractivity contribution < 1.29 is 14.3 Å². The number of hydrogen-bond donors (Lipinski definition) is 1. The number of nitrogens with one attached hydrogen (secondary N) is 1. The van der Waals surface area contributed by atoms with Crippen LogP contribution < -0.4 is 4.31 Å². The van der Waals surface area contributed by atoms with Gasteiger partial charge in [0.25, 0.3) is 5.91 Å². The van der Waals surface area contributed by atoms with Gasteiger partial charge in [0, 0.05) is 59.8 Å². The van der Waals surface area contributed by atoms with Gasteiger partial charge in [0.05, 0.1) is 31.0 Å². The average molecular weight is 423 g/mol. The van der Waals surface area contributed by atoms with E-state index in [0.717, 1.165) is 16.6 Å². The predicted octanol–water partition coefficient (Wildman–Crippen LogP) is 3.00. The van der Waals surface area contributed by atoms with Gasteiger partial charge in [-0.1, -0.05) is 6.07 Å². The molecule has 154 valence electrons. The predicted molar refractivity (Wildman–Crippen MR) is 117 cm³/mol. The number of rotatable bonds is 4. The van der Waals surface area contributed by atoms with Gasteiger partial charge in [-0.3, -0.25) is 14.6 Å². The molecule has 30 heavy (non-hydrogen) atoms. The highest BCUT2D eigenvalue weighted by molar-refractivity contribution is 8.00. The Kier molecular flexibility index (Phi) is 5.18. The van der Waals surface area contributed by atoms with E-state index in [0.29, 0.717) is 49.7 Å². The molecule has 0 spiro atoms. The molecular weight excluding hydrogens is 400 g/mol. The number of ketones is 1. The number of ether oxygens (including phenoxy) is 1. The van der Waals surface area contributed by atoms with Crippen LogP contribution in [0, 0.1) is 5.92 Å². The number of nitrogens with zero attached hydrogens (tertiary/aromatic N) is 3. The number of anilines is 1. The molecular formula is C22H22N4O3S. The van der Waals surface area contributed by atoms with Crippen LogP contribution in [-0.2, 0) is 4.74 Å². The molecule has 1 N–H and O–H groups in total. The van der Waals surface area contributed by atoms with Crippen LogP contribution >= 0.6 is 11.9 Å². The van der Waals surface area contributed by atoms with E-state index in [1.54, 1.807) is 29.2 Å². The minimum absolute atomic E-state index is 0.0460. The molecule has 0 saturated carbocycles. The summed E-state index contributed by atoms with van der Waals surface area (Å²) in [6, 6.07) is 9.48. The minimum atomic E-state index is -0.138. The summed E-state index contributed by atoms with van der Waals surface area (Å²) in [6.45, 7) is 2.86. The Balaban J connectivity index is 1.43. The molecule has 0 radical (unpaired) electrons. The van der Waals surface area contributed by atoms with Gasteiger partial charge >= 0.3 is 0 Å². The molecule has 1 amide bonds. The number of Topliss-reactive ketones (excluding diaryl/α,β-unsaturated/α-hetero) is 1. The lowest BCUT2D eigenvalue weighted by atomic mass is 9.96. The first kappa shape index (κ1) is 19.1. The number of aromatic amines is 1. The second-order valence-corrected chi connectivity index (χ2v) is 8.50. The van der Waals surface area contributed by atoms with Gasteiger partial charge in [-0.25, -0.2) is 0 Å². The first-order valence-corrected chi connectivity index (χ1v) is 11.0. The highest BCUT2D eigenvalue weighted by atomic mass is 32.2. The summed E-state index contributed by atoms with van der Waals surface area (Å²) in [4.78, 5) is 35.8. The van der Waals surface area contributed by atoms with Gasteiger partial charge in [-0.05, 0) is 36.2 Å². The van der Waals surface area contributed by atoms with Crippen LogP contribution in [0.4, 0.5) is 5.69 Å². The smallest absolute Gasteiger partial charge is 0.254 e. The van der Waals surface area contributed by atoms with Gasteiger partial charge < -0.3 is 18.9 Å². The van der Waals surface area contributed by atoms with Crippen LogP contribution in [0.25, 0.3) is 10.9 Å². The highest BCUT2D eigenvalue weighted by Gasteiger charge is 2.32. The number of carbonyl (C=O) groups excluding carboxylic acids is 2. The van der Waals surface area contributed by atoms with E-state index in [2.05, 4.69) is 14.3 Å². The first-order valence-electron chi connectivity index (χ1n) is 10.0. The highest BCUT2D eigenvalue weighted by Crippen LogP contribution is 2.34. The largest absolute Gasteiger partial charge is 0.378 e. The molecule has 2 aliphatic rings. The fraction of sp³-hybridized carbons (Fsp3) is 0.318. The maximum Gasteiger partial charge on any atom is 0.254 e. The van der Waals surface area contributed by atoms with Crippen LogP contribution in [0.1, 0.15) is 20.7 Å². The van der Waals surface area contributed by atoms with Gasteiger partial charge in [-0.2, -0.15) is 0 Å². The normalized spacial score (nSPS) is 19.4. The molecule has 1 aromatic carbocycles. The Morgan fingerprint density at radius 3 is 2.80 bits per heavy atom. The van der Waals surface area contributed by atoms with Crippen LogP contribution in [-0.4, -0.2) is 65.2 Å². The molecule has 2 saturated heterocycles. The minimum Gasteiger partial charge on any atom is -0.378 e. The van der Waals surface area contributed by atoms with Crippen molar-refractivity contribution in [3.8, 4) is 0 Å². The third-order valence-electron chi connectivity index (χ3n) is 5.62. The number of fused-ring (bicyclic) bond motifs is 1. The number of benzene rings is 1. The number of carbonyl (C=O) groups is 2. The second-order valence-electron chi connectivity index (χ2n) is 7.46. The van der Waals surface area contributed by atoms with Crippen molar-refractivity contribution in [1.29, 1.82) is 0 Å². The van der Waals surface area contributed by atoms with Gasteiger partial charge in [0.2, 0.25) is 0 Å². The van der Waals surface area contributed by atoms with Crippen LogP contribution in [0.2, 0.25) is 0 Å². The maximum absolute atomic E-state index is 13.4. The zero-order valence-electron chi connectivity index (χ0n) is 16.4. The van der Waals surface area contributed by atoms with E-state index < -0.39 is 0 Å². The van der Waals surface area contributed by atoms with Crippen LogP contribution in [0.3, 0.4) is 0 Å². The molecule has 4 heterocycles. The van der Waals surface area contributed by atoms with Crippen molar-refractivity contribution in [3.63, 3.8) is 0 Å². The standard InChI is InChI=1S/C22H22N4O3S/c27-21(15-13-26(30-14-15)16-3-2-6-23-11-16)18-12-24-19-5-1-4-17(20(18)19)22(28)25-7-9-29-10-8-25/h1-6,11-12,15,24H,7-10,13-14H2. The fourth-order valence-corrected chi connectivity index (χ4v) is 5.20. The van der Waals surface area contributed by atoms with E-state index in [9.17, 15) is 9.59 Å². The Morgan fingerprint density at radius 2 is 2.00 bits per heavy atom. The molecule has 3 aromatic rings. The van der Waals surface area contributed by atoms with E-state index in [4.69, 9.17) is 4.74 Å². The Bertz CT molecular complexity index is 1080. The summed E-state index contributed by atoms with van der Waals surface area (Å²) < 4.78 is 7.48. The number of amides is 1. The lowest BCUT2D eigenvalue weighted by molar-refractivity contribution is 0.0304. The van der Waals surface area contributed by atoms with Gasteiger partial charge in [0.15, 0.2) is 5.78 Å². The number of morpholine rings is 1. The topological polar surface area (TPSA) is 78.5 Å². The molecule has 2 aromatic heterocycles. The first-order chi connectivity index (χ1) is 14.7. The van der Waals surface area contributed by atoms with Crippen molar-refractivity contribution in [1.82, 2.24) is 14.9 Å². The summed E-state index contributed by atoms with van der Waals surface area (Å²) in [5.41, 5.74) is 2.99. The number of pyridine rings is 1. The van der Waals surface area contributed by atoms with Crippen molar-refractivity contribution in [2.75, 3.05) is 42.9 Å². The lowest BCUT2D eigenvalue weighted by Gasteiger charge is -2.27. The number of hydrogen-bond acceptors (Lipinski definition) is 6. The Hall–Kier alpha value is -2.84. The van der Waals surface area contributed by atoms with E-state index in [1.807, 2.05) is 36.5 Å². The van der Waals surface area contributed by atoms with Crippen molar-refractivity contribution >= 4 is 40.2 Å². The third kappa shape index (κ3) is 3.46. The SMILES string of the molecule is O=C(c1c[nH]c2cccc(C(=O)N3CCOCC3)c12)C1CSN(c2cccnc2)C1. The van der Waals surface area contributed by atoms with E-state index in [1.165, 1.54) is 0 Å². The molecule has 5 rings (SSSR count). The molecule has 2 aliphatic heterocycles. The molecule has 7 nitrogen and oxygen atoms in total. The third-order valence-corrected chi connectivity index (χ3v) is 6.85. The number of H-pyrrole nitrogens is 1. The van der Waals surface area contributed by atoms with Gasteiger partial charge in [0.1, 0.15) is 0 Å². The van der Waals surface area contributed by atoms with Crippen LogP contribution in [0.5, 0.6) is 0 Å². The lowest BCUT2D eigenvalue weighted by Crippen LogP contribution is -2.40. The summed E-state index contributed by atoms with van der Waals surface area (Å²) in [5.74, 6) is 0.596. The van der Waals surface area contributed by atoms with Crippen molar-refractivity contribution in [3.05, 3.63) is 60.0 Å². The average Bonchev–Trinajstić information content (AvgIpc) is 3.47. The van der Waals surface area contributed by atoms with Crippen molar-refractivity contribution in [2.24, 2.45) is 5.92 Å². The Morgan fingerprint density at radius 1 is 1.13 bits per heavy atom. The zero-order chi connectivity index (χ0) is 20.5. The summed E-state index contributed by atoms with van der Waals surface area (Å²) in [7, 11) is 0. The molecule has 2 fully saturated rings. The molecule has 8 heteroatoms. The Labute approximate surface area is 178 Å². The number of aromatic nitrogens is 2. The van der Waals surface area contributed by atoms with E-state index in [-0.39, 0.29) is 17.6 Å². The second kappa shape index (κ2) is 8.12. The summed E-state index contributed by atoms with van der Waals surface area (Å²) in [5, 5.41) is 0.726. The maximum atomic E-state index is 13.4. The quantitative estimate of drug-likeness (QED) is 0.514. The summed E-state index contributed by atoms with van der Waals surface area (Å²) in [6.07, 6.45) is 5.30. The van der Waals surface area contributed by atoms with Gasteiger partial charge in [-0.15, -0.1) is 0 Å². The van der Waals surface area contributed by atoms with Crippen molar-refractivity contribution in [2.45, 2.75) is 0 Å². The monoisotopic (exact) mass is 422 g/mol. The fourth-order valence-electron chi connectivity index (χ4n) is 4.04. The molecule has 0 aliphatic carbocycles. The molecule has 0 bridgehead atoms. The zero-order valence-corrected chi connectivity index (χ0v) is 17.2. The summed E-state index contributed by atoms with van der Waals surface area (Å²) >= 11 is 1.64.